The van der Waals surface area contributed by atoms with Gasteiger partial charge < -0.3 is 15.0 Å². The molecule has 1 aromatic rings. The average Bonchev–Trinajstić information content (AvgIpc) is 2.48. The summed E-state index contributed by atoms with van der Waals surface area (Å²) in [4.78, 5) is 8.17. The van der Waals surface area contributed by atoms with Gasteiger partial charge in [-0.2, -0.15) is 0 Å². The van der Waals surface area contributed by atoms with Gasteiger partial charge in [-0.1, -0.05) is 31.5 Å². The van der Waals surface area contributed by atoms with E-state index in [1.807, 2.05) is 0 Å². The minimum absolute atomic E-state index is 0.244. The summed E-state index contributed by atoms with van der Waals surface area (Å²) in [7, 11) is 1.80. The molecule has 0 radical (unpaired) electrons. The van der Waals surface area contributed by atoms with Crippen molar-refractivity contribution in [2.24, 2.45) is 0 Å². The Morgan fingerprint density at radius 3 is 2.79 bits per heavy atom. The number of rotatable bonds is 2. The van der Waals surface area contributed by atoms with Crippen LogP contribution in [-0.2, 0) is 23.3 Å². The number of hydrogen-bond donors (Lipinski definition) is 2. The van der Waals surface area contributed by atoms with E-state index in [9.17, 15) is 0 Å². The zero-order valence-corrected chi connectivity index (χ0v) is 12.2. The Morgan fingerprint density at radius 1 is 1.26 bits per heavy atom. The Hall–Kier alpha value is -0.780. The summed E-state index contributed by atoms with van der Waals surface area (Å²) in [5.41, 5.74) is 2.16. The van der Waals surface area contributed by atoms with E-state index < -0.39 is 0 Å². The van der Waals surface area contributed by atoms with Crippen molar-refractivity contribution in [1.82, 2.24) is 15.3 Å². The second-order valence-corrected chi connectivity index (χ2v) is 5.92. The third-order valence-corrected chi connectivity index (χ3v) is 4.78. The maximum atomic E-state index is 5.86. The molecule has 0 saturated heterocycles. The zero-order chi connectivity index (χ0) is 13.3. The van der Waals surface area contributed by atoms with Crippen molar-refractivity contribution in [1.29, 1.82) is 0 Å². The minimum atomic E-state index is -0.244. The topological polar surface area (TPSA) is 49.9 Å². The second kappa shape index (κ2) is 5.31. The molecule has 1 fully saturated rings. The van der Waals surface area contributed by atoms with Gasteiger partial charge in [-0.05, 0) is 12.8 Å². The molecule has 0 bridgehead atoms. The van der Waals surface area contributed by atoms with Gasteiger partial charge in [-0.15, -0.1) is 0 Å². The molecule has 1 aliphatic carbocycles. The van der Waals surface area contributed by atoms with E-state index >= 15 is 0 Å². The lowest BCUT2D eigenvalue weighted by Crippen LogP contribution is -2.35. The molecule has 0 spiro atoms. The predicted octanol–water partition coefficient (Wildman–Crippen LogP) is 2.59. The van der Waals surface area contributed by atoms with Crippen LogP contribution in [0.4, 0.5) is 0 Å². The van der Waals surface area contributed by atoms with Gasteiger partial charge in [-0.3, -0.25) is 0 Å². The first kappa shape index (κ1) is 13.2. The fourth-order valence-electron chi connectivity index (χ4n) is 3.24. The Bertz CT molecular complexity index is 520. The summed E-state index contributed by atoms with van der Waals surface area (Å²) >= 11 is 5.47. The van der Waals surface area contributed by atoms with Crippen molar-refractivity contribution in [2.75, 3.05) is 13.7 Å². The van der Waals surface area contributed by atoms with Crippen LogP contribution in [0.25, 0.3) is 0 Å². The lowest BCUT2D eigenvalue weighted by molar-refractivity contribution is -0.0517. The first-order valence-corrected chi connectivity index (χ1v) is 7.54. The number of nitrogens with zero attached hydrogens (tertiary/aromatic N) is 1. The van der Waals surface area contributed by atoms with Crippen LogP contribution in [0.2, 0.25) is 0 Å². The lowest BCUT2D eigenvalue weighted by Gasteiger charge is -2.35. The first-order chi connectivity index (χ1) is 9.25. The van der Waals surface area contributed by atoms with E-state index in [4.69, 9.17) is 17.0 Å². The molecule has 4 nitrogen and oxygen atoms in total. The Morgan fingerprint density at radius 2 is 2.05 bits per heavy atom. The van der Waals surface area contributed by atoms with Crippen LogP contribution in [0.1, 0.15) is 49.2 Å². The summed E-state index contributed by atoms with van der Waals surface area (Å²) in [5, 5.41) is 3.35. The van der Waals surface area contributed by atoms with Crippen LogP contribution < -0.4 is 5.32 Å². The summed E-state index contributed by atoms with van der Waals surface area (Å²) in [6.45, 7) is 1.83. The fourth-order valence-corrected chi connectivity index (χ4v) is 3.53. The monoisotopic (exact) mass is 279 g/mol. The van der Waals surface area contributed by atoms with Gasteiger partial charge >= 0.3 is 0 Å². The summed E-state index contributed by atoms with van der Waals surface area (Å²) in [6, 6.07) is 0. The lowest BCUT2D eigenvalue weighted by atomic mass is 9.83. The Balaban J connectivity index is 2.04. The van der Waals surface area contributed by atoms with Gasteiger partial charge in [0, 0.05) is 37.9 Å². The molecule has 0 amide bonds. The maximum Gasteiger partial charge on any atom is 0.140 e. The van der Waals surface area contributed by atoms with Crippen molar-refractivity contribution in [2.45, 2.75) is 50.7 Å². The number of methoxy groups -OCH3 is 1. The van der Waals surface area contributed by atoms with Crippen molar-refractivity contribution in [3.63, 3.8) is 0 Å². The highest BCUT2D eigenvalue weighted by atomic mass is 32.1. The number of ether oxygens (including phenoxy) is 1. The van der Waals surface area contributed by atoms with Gasteiger partial charge in [0.2, 0.25) is 0 Å². The number of nitrogens with one attached hydrogen (secondary N) is 2. The molecule has 104 valence electrons. The third kappa shape index (κ3) is 2.35. The SMILES string of the molecule is COC1(c2nc(=S)c3c([nH]2)CCNC3)CCCCC1. The number of hydrogen-bond acceptors (Lipinski definition) is 4. The predicted molar refractivity (Wildman–Crippen MR) is 76.6 cm³/mol. The molecule has 1 aliphatic heterocycles. The Kier molecular flexibility index (Phi) is 3.69. The van der Waals surface area contributed by atoms with Crippen LogP contribution >= 0.6 is 12.2 Å². The number of H-pyrrole nitrogens is 1. The summed E-state index contributed by atoms with van der Waals surface area (Å²) < 4.78 is 6.59. The molecule has 2 aliphatic rings. The number of fused-ring (bicyclic) bond motifs is 1. The fraction of sp³-hybridized carbons (Fsp3) is 0.714. The van der Waals surface area contributed by atoms with Crippen LogP contribution in [0, 0.1) is 4.64 Å². The van der Waals surface area contributed by atoms with E-state index in [0.29, 0.717) is 0 Å². The van der Waals surface area contributed by atoms with Crippen LogP contribution in [0.15, 0.2) is 0 Å². The minimum Gasteiger partial charge on any atom is -0.370 e. The van der Waals surface area contributed by atoms with E-state index in [1.165, 1.54) is 25.0 Å². The number of aromatic amines is 1. The van der Waals surface area contributed by atoms with E-state index in [0.717, 1.165) is 48.4 Å². The van der Waals surface area contributed by atoms with Crippen LogP contribution in [0.5, 0.6) is 0 Å². The quantitative estimate of drug-likeness (QED) is 0.817. The highest BCUT2D eigenvalue weighted by Crippen LogP contribution is 2.38. The molecular formula is C14H21N3OS. The van der Waals surface area contributed by atoms with Gasteiger partial charge in [0.15, 0.2) is 0 Å². The second-order valence-electron chi connectivity index (χ2n) is 5.53. The average molecular weight is 279 g/mol. The molecule has 2 heterocycles. The molecule has 0 atom stereocenters. The summed E-state index contributed by atoms with van der Waals surface area (Å²) in [5.74, 6) is 0.945. The molecular weight excluding hydrogens is 258 g/mol. The van der Waals surface area contributed by atoms with Gasteiger partial charge in [0.25, 0.3) is 0 Å². The smallest absolute Gasteiger partial charge is 0.140 e. The molecule has 1 saturated carbocycles. The van der Waals surface area contributed by atoms with Gasteiger partial charge in [-0.25, -0.2) is 4.98 Å². The highest BCUT2D eigenvalue weighted by Gasteiger charge is 2.36. The molecule has 0 unspecified atom stereocenters. The van der Waals surface area contributed by atoms with Crippen LogP contribution in [-0.4, -0.2) is 23.6 Å². The van der Waals surface area contributed by atoms with Crippen molar-refractivity contribution in [3.05, 3.63) is 21.7 Å². The van der Waals surface area contributed by atoms with Crippen molar-refractivity contribution in [3.8, 4) is 0 Å². The molecule has 1 aromatic heterocycles. The standard InChI is InChI=1S/C14H21N3OS/c1-18-14(6-3-2-4-7-14)13-16-11-5-8-15-9-10(11)12(19)17-13/h15H,2-9H2,1H3,(H,16,17,19). The number of aromatic nitrogens is 2. The highest BCUT2D eigenvalue weighted by molar-refractivity contribution is 7.71. The van der Waals surface area contributed by atoms with Crippen molar-refractivity contribution >= 4 is 12.2 Å². The summed E-state index contributed by atoms with van der Waals surface area (Å²) in [6.07, 6.45) is 6.77. The maximum absolute atomic E-state index is 5.86. The Labute approximate surface area is 119 Å². The molecule has 5 heteroatoms. The van der Waals surface area contributed by atoms with E-state index in [-0.39, 0.29) is 5.60 Å². The van der Waals surface area contributed by atoms with E-state index in [1.54, 1.807) is 7.11 Å². The van der Waals surface area contributed by atoms with Crippen molar-refractivity contribution < 1.29 is 4.74 Å². The largest absolute Gasteiger partial charge is 0.370 e. The van der Waals surface area contributed by atoms with Gasteiger partial charge in [0.1, 0.15) is 16.1 Å². The molecule has 0 aromatic carbocycles. The zero-order valence-electron chi connectivity index (χ0n) is 11.4. The molecule has 3 rings (SSSR count). The normalized spacial score (nSPS) is 21.9. The third-order valence-electron chi connectivity index (χ3n) is 4.44. The first-order valence-electron chi connectivity index (χ1n) is 7.14. The van der Waals surface area contributed by atoms with Crippen LogP contribution in [0.3, 0.4) is 0 Å². The molecule has 2 N–H and O–H groups in total. The van der Waals surface area contributed by atoms with Gasteiger partial charge in [0.05, 0.1) is 0 Å². The van der Waals surface area contributed by atoms with E-state index in [2.05, 4.69) is 15.3 Å². The molecule has 19 heavy (non-hydrogen) atoms.